The smallest absolute Gasteiger partial charge is 0.258 e. The van der Waals surface area contributed by atoms with E-state index in [2.05, 4.69) is 17.1 Å². The Hall–Kier alpha value is -2.42. The lowest BCUT2D eigenvalue weighted by molar-refractivity contribution is 0.432. The minimum absolute atomic E-state index is 0.552. The number of aryl methyl sites for hydroxylation is 2. The van der Waals surface area contributed by atoms with Crippen LogP contribution in [-0.2, 0) is 0 Å². The van der Waals surface area contributed by atoms with Crippen LogP contribution in [0.1, 0.15) is 11.1 Å². The number of nitrogens with zero attached hydrogens (tertiary/aromatic N) is 2. The van der Waals surface area contributed by atoms with E-state index in [1.54, 1.807) is 0 Å². The van der Waals surface area contributed by atoms with Crippen molar-refractivity contribution in [3.8, 4) is 22.8 Å². The van der Waals surface area contributed by atoms with Gasteiger partial charge in [0, 0.05) is 11.1 Å². The largest absolute Gasteiger partial charge is 0.334 e. The van der Waals surface area contributed by atoms with Crippen LogP contribution in [0.25, 0.3) is 22.8 Å². The average Bonchev–Trinajstić information content (AvgIpc) is 2.89. The molecule has 3 nitrogen and oxygen atoms in total. The molecule has 0 spiro atoms. The highest BCUT2D eigenvalue weighted by molar-refractivity contribution is 5.60. The van der Waals surface area contributed by atoms with Crippen LogP contribution in [0.2, 0.25) is 0 Å². The van der Waals surface area contributed by atoms with Gasteiger partial charge in [0.1, 0.15) is 0 Å². The van der Waals surface area contributed by atoms with E-state index in [4.69, 9.17) is 4.52 Å². The van der Waals surface area contributed by atoms with Crippen LogP contribution in [0.5, 0.6) is 0 Å². The van der Waals surface area contributed by atoms with Crippen LogP contribution in [0, 0.1) is 13.8 Å². The number of hydrogen-bond donors (Lipinski definition) is 0. The topological polar surface area (TPSA) is 38.9 Å². The number of rotatable bonds is 2. The zero-order valence-corrected chi connectivity index (χ0v) is 10.9. The van der Waals surface area contributed by atoms with Gasteiger partial charge in [-0.3, -0.25) is 0 Å². The van der Waals surface area contributed by atoms with Crippen molar-refractivity contribution in [2.45, 2.75) is 13.8 Å². The van der Waals surface area contributed by atoms with Gasteiger partial charge in [-0.05, 0) is 32.0 Å². The molecule has 2 aromatic carbocycles. The summed E-state index contributed by atoms with van der Waals surface area (Å²) >= 11 is 0. The standard InChI is InChI=1S/C16H14N2O/c1-11-6-8-13(9-7-11)16-17-15(18-19-16)14-5-3-4-12(2)10-14/h3-10H,1-2H3. The first-order chi connectivity index (χ1) is 9.22. The molecule has 0 amide bonds. The molecule has 3 aromatic rings. The van der Waals surface area contributed by atoms with Crippen molar-refractivity contribution >= 4 is 0 Å². The molecule has 0 aliphatic rings. The summed E-state index contributed by atoms with van der Waals surface area (Å²) in [6.45, 7) is 4.10. The maximum atomic E-state index is 5.32. The maximum Gasteiger partial charge on any atom is 0.258 e. The second-order valence-electron chi connectivity index (χ2n) is 4.66. The molecule has 0 saturated heterocycles. The molecule has 1 heterocycles. The third kappa shape index (κ3) is 2.40. The van der Waals surface area contributed by atoms with E-state index >= 15 is 0 Å². The van der Waals surface area contributed by atoms with Gasteiger partial charge in [-0.1, -0.05) is 46.6 Å². The van der Waals surface area contributed by atoms with Gasteiger partial charge in [-0.2, -0.15) is 4.98 Å². The fourth-order valence-corrected chi connectivity index (χ4v) is 1.94. The number of aromatic nitrogens is 2. The second-order valence-corrected chi connectivity index (χ2v) is 4.66. The first-order valence-electron chi connectivity index (χ1n) is 6.20. The first-order valence-corrected chi connectivity index (χ1v) is 6.20. The van der Waals surface area contributed by atoms with E-state index in [0.29, 0.717) is 11.7 Å². The van der Waals surface area contributed by atoms with Crippen LogP contribution in [0.4, 0.5) is 0 Å². The fraction of sp³-hybridized carbons (Fsp3) is 0.125. The predicted molar refractivity (Wildman–Crippen MR) is 74.6 cm³/mol. The Balaban J connectivity index is 1.97. The molecule has 0 bridgehead atoms. The van der Waals surface area contributed by atoms with Crippen molar-refractivity contribution in [2.24, 2.45) is 0 Å². The Morgan fingerprint density at radius 1 is 0.842 bits per heavy atom. The lowest BCUT2D eigenvalue weighted by Gasteiger charge is -1.96. The molecule has 0 aliphatic carbocycles. The lowest BCUT2D eigenvalue weighted by atomic mass is 10.1. The molecule has 0 radical (unpaired) electrons. The van der Waals surface area contributed by atoms with Gasteiger partial charge < -0.3 is 4.52 Å². The van der Waals surface area contributed by atoms with Crippen molar-refractivity contribution < 1.29 is 4.52 Å². The minimum atomic E-state index is 0.552. The summed E-state index contributed by atoms with van der Waals surface area (Å²) in [5, 5.41) is 4.04. The van der Waals surface area contributed by atoms with E-state index in [-0.39, 0.29) is 0 Å². The second kappa shape index (κ2) is 4.69. The normalized spacial score (nSPS) is 10.6. The van der Waals surface area contributed by atoms with Gasteiger partial charge in [0.25, 0.3) is 5.89 Å². The van der Waals surface area contributed by atoms with Crippen molar-refractivity contribution in [2.75, 3.05) is 0 Å². The molecular weight excluding hydrogens is 236 g/mol. The molecular formula is C16H14N2O. The van der Waals surface area contributed by atoms with Crippen molar-refractivity contribution in [3.05, 3.63) is 59.7 Å². The van der Waals surface area contributed by atoms with Crippen molar-refractivity contribution in [1.82, 2.24) is 10.1 Å². The highest BCUT2D eigenvalue weighted by Crippen LogP contribution is 2.22. The molecule has 0 atom stereocenters. The highest BCUT2D eigenvalue weighted by atomic mass is 16.5. The van der Waals surface area contributed by atoms with Gasteiger partial charge in [-0.15, -0.1) is 0 Å². The summed E-state index contributed by atoms with van der Waals surface area (Å²) in [6, 6.07) is 16.1. The third-order valence-corrected chi connectivity index (χ3v) is 3.00. The Kier molecular flexibility index (Phi) is 2.88. The monoisotopic (exact) mass is 250 g/mol. The highest BCUT2D eigenvalue weighted by Gasteiger charge is 2.10. The first kappa shape index (κ1) is 11.7. The zero-order valence-electron chi connectivity index (χ0n) is 10.9. The Bertz CT molecular complexity index is 699. The molecule has 94 valence electrons. The summed E-state index contributed by atoms with van der Waals surface area (Å²) in [4.78, 5) is 4.44. The van der Waals surface area contributed by atoms with Gasteiger partial charge in [0.15, 0.2) is 0 Å². The SMILES string of the molecule is Cc1ccc(-c2nc(-c3cccc(C)c3)no2)cc1. The van der Waals surface area contributed by atoms with E-state index in [9.17, 15) is 0 Å². The summed E-state index contributed by atoms with van der Waals surface area (Å²) in [6.07, 6.45) is 0. The van der Waals surface area contributed by atoms with Crippen LogP contribution in [0.15, 0.2) is 53.1 Å². The molecule has 3 heteroatoms. The van der Waals surface area contributed by atoms with E-state index in [1.165, 1.54) is 11.1 Å². The Morgan fingerprint density at radius 2 is 1.63 bits per heavy atom. The van der Waals surface area contributed by atoms with E-state index in [1.807, 2.05) is 55.5 Å². The number of hydrogen-bond acceptors (Lipinski definition) is 3. The van der Waals surface area contributed by atoms with Gasteiger partial charge in [0.2, 0.25) is 5.82 Å². The summed E-state index contributed by atoms with van der Waals surface area (Å²) in [5.41, 5.74) is 4.31. The zero-order chi connectivity index (χ0) is 13.2. The van der Waals surface area contributed by atoms with E-state index in [0.717, 1.165) is 11.1 Å². The van der Waals surface area contributed by atoms with Crippen LogP contribution >= 0.6 is 0 Å². The molecule has 19 heavy (non-hydrogen) atoms. The van der Waals surface area contributed by atoms with Crippen molar-refractivity contribution in [3.63, 3.8) is 0 Å². The maximum absolute atomic E-state index is 5.32. The molecule has 0 N–H and O–H groups in total. The van der Waals surface area contributed by atoms with Gasteiger partial charge in [-0.25, -0.2) is 0 Å². The summed E-state index contributed by atoms with van der Waals surface area (Å²) < 4.78 is 5.32. The summed E-state index contributed by atoms with van der Waals surface area (Å²) in [5.74, 6) is 1.18. The predicted octanol–water partition coefficient (Wildman–Crippen LogP) is 4.02. The molecule has 0 unspecified atom stereocenters. The van der Waals surface area contributed by atoms with Crippen molar-refractivity contribution in [1.29, 1.82) is 0 Å². The molecule has 0 saturated carbocycles. The van der Waals surface area contributed by atoms with Gasteiger partial charge in [0.05, 0.1) is 0 Å². The number of benzene rings is 2. The van der Waals surface area contributed by atoms with Gasteiger partial charge >= 0.3 is 0 Å². The van der Waals surface area contributed by atoms with Crippen LogP contribution in [0.3, 0.4) is 0 Å². The molecule has 0 fully saturated rings. The lowest BCUT2D eigenvalue weighted by Crippen LogP contribution is -1.82. The molecule has 1 aromatic heterocycles. The Morgan fingerprint density at radius 3 is 2.37 bits per heavy atom. The molecule has 0 aliphatic heterocycles. The minimum Gasteiger partial charge on any atom is -0.334 e. The third-order valence-electron chi connectivity index (χ3n) is 3.00. The quantitative estimate of drug-likeness (QED) is 0.689. The van der Waals surface area contributed by atoms with Crippen LogP contribution < -0.4 is 0 Å². The summed E-state index contributed by atoms with van der Waals surface area (Å²) in [7, 11) is 0. The fourth-order valence-electron chi connectivity index (χ4n) is 1.94. The molecule has 3 rings (SSSR count). The van der Waals surface area contributed by atoms with Crippen LogP contribution in [-0.4, -0.2) is 10.1 Å². The van der Waals surface area contributed by atoms with E-state index < -0.39 is 0 Å². The average molecular weight is 250 g/mol. The Labute approximate surface area is 111 Å².